The number of carbonyl (C=O) groups is 2. The number of nitrogens with zero attached hydrogens (tertiary/aromatic N) is 1. The Labute approximate surface area is 240 Å². The van der Waals surface area contributed by atoms with Crippen molar-refractivity contribution in [3.05, 3.63) is 68.6 Å². The molecule has 1 aliphatic carbocycles. The van der Waals surface area contributed by atoms with Crippen molar-refractivity contribution in [2.45, 2.75) is 51.7 Å². The highest BCUT2D eigenvalue weighted by Crippen LogP contribution is 2.37. The van der Waals surface area contributed by atoms with Gasteiger partial charge in [-0.15, -0.1) is 0 Å². The van der Waals surface area contributed by atoms with Crippen LogP contribution in [-0.2, 0) is 22.7 Å². The summed E-state index contributed by atoms with van der Waals surface area (Å²) in [5.41, 5.74) is 1.55. The summed E-state index contributed by atoms with van der Waals surface area (Å²) >= 11 is 2.03. The van der Waals surface area contributed by atoms with Crippen LogP contribution in [-0.4, -0.2) is 70.5 Å². The largest absolute Gasteiger partial charge is 0.493 e. The first-order chi connectivity index (χ1) is 18.6. The number of benzene rings is 2. The van der Waals surface area contributed by atoms with E-state index in [0.717, 1.165) is 0 Å². The highest BCUT2D eigenvalue weighted by molar-refractivity contribution is 14.1. The molecule has 11 heteroatoms. The topological polar surface area (TPSA) is 129 Å². The van der Waals surface area contributed by atoms with Crippen LogP contribution in [0.15, 0.2) is 48.0 Å². The van der Waals surface area contributed by atoms with E-state index in [1.807, 2.05) is 22.6 Å². The number of carbonyl (C=O) groups excluding carboxylic acids is 2. The molecule has 9 nitrogen and oxygen atoms in total. The highest BCUT2D eigenvalue weighted by atomic mass is 127. The molecule has 0 fully saturated rings. The minimum Gasteiger partial charge on any atom is -0.493 e. The van der Waals surface area contributed by atoms with Crippen molar-refractivity contribution in [1.82, 2.24) is 10.2 Å². The summed E-state index contributed by atoms with van der Waals surface area (Å²) in [6.45, 7) is 3.15. The van der Waals surface area contributed by atoms with Gasteiger partial charge in [-0.1, -0.05) is 26.0 Å². The van der Waals surface area contributed by atoms with Crippen LogP contribution < -0.4 is 14.8 Å². The second-order valence-corrected chi connectivity index (χ2v) is 10.7. The third-order valence-electron chi connectivity index (χ3n) is 6.38. The molecule has 4 N–H and O–H groups in total. The number of hydrogen-bond donors (Lipinski definition) is 4. The van der Waals surface area contributed by atoms with Crippen molar-refractivity contribution in [2.24, 2.45) is 5.92 Å². The smallest absolute Gasteiger partial charge is 0.247 e. The second kappa shape index (κ2) is 14.1. The zero-order chi connectivity index (χ0) is 28.7. The van der Waals surface area contributed by atoms with E-state index in [0.29, 0.717) is 26.2 Å². The van der Waals surface area contributed by atoms with E-state index in [-0.39, 0.29) is 44.2 Å². The molecule has 0 bridgehead atoms. The first kappa shape index (κ1) is 30.8. The predicted octanol–water partition coefficient (Wildman–Crippen LogP) is 2.53. The minimum atomic E-state index is -1.24. The van der Waals surface area contributed by atoms with Crippen molar-refractivity contribution in [2.75, 3.05) is 20.3 Å². The van der Waals surface area contributed by atoms with Crippen LogP contribution in [0.5, 0.6) is 11.5 Å². The van der Waals surface area contributed by atoms with E-state index in [1.54, 1.807) is 38.1 Å². The minimum absolute atomic E-state index is 0.0352. The second-order valence-electron chi connectivity index (χ2n) is 9.53. The summed E-state index contributed by atoms with van der Waals surface area (Å²) in [7, 11) is 1.45. The van der Waals surface area contributed by atoms with Crippen molar-refractivity contribution in [3.63, 3.8) is 0 Å². The number of amides is 2. The molecule has 0 spiro atoms. The number of halogens is 2. The number of aliphatic hydroxyl groups excluding tert-OH is 3. The Bertz CT molecular complexity index is 1190. The lowest BCUT2D eigenvalue weighted by Crippen LogP contribution is -2.55. The zero-order valence-corrected chi connectivity index (χ0v) is 24.2. The maximum atomic E-state index is 13.5. The van der Waals surface area contributed by atoms with E-state index in [4.69, 9.17) is 9.47 Å². The van der Waals surface area contributed by atoms with Gasteiger partial charge in [0.1, 0.15) is 18.0 Å². The van der Waals surface area contributed by atoms with Crippen LogP contribution in [0.1, 0.15) is 31.4 Å². The average molecular weight is 656 g/mol. The lowest BCUT2D eigenvalue weighted by atomic mass is 9.87. The van der Waals surface area contributed by atoms with Gasteiger partial charge >= 0.3 is 0 Å². The van der Waals surface area contributed by atoms with Gasteiger partial charge in [0.15, 0.2) is 11.5 Å². The molecular weight excluding hydrogens is 622 g/mol. The van der Waals surface area contributed by atoms with Crippen LogP contribution >= 0.6 is 22.6 Å². The Morgan fingerprint density at radius 2 is 1.87 bits per heavy atom. The van der Waals surface area contributed by atoms with E-state index < -0.39 is 35.9 Å². The molecule has 0 aromatic heterocycles. The predicted molar refractivity (Wildman–Crippen MR) is 150 cm³/mol. The van der Waals surface area contributed by atoms with Gasteiger partial charge in [-0.3, -0.25) is 9.59 Å². The maximum absolute atomic E-state index is 13.5. The van der Waals surface area contributed by atoms with Gasteiger partial charge in [-0.25, -0.2) is 4.39 Å². The molecule has 39 heavy (non-hydrogen) atoms. The Kier molecular flexibility index (Phi) is 11.1. The first-order valence-corrected chi connectivity index (χ1v) is 13.6. The number of rotatable bonds is 11. The van der Waals surface area contributed by atoms with Gasteiger partial charge in [-0.05, 0) is 64.1 Å². The standard InChI is InChI=1S/C28H34FIN2O7/c1-16(2)28(37)32(14-17-4-6-20(29)7-5-17)22-12-19(27(36)31-8-9-33)13-23(25(22)35)39-26-21(30)10-18(15-34)11-24(26)38-3/h4-7,10-11,13,16,22-23,25,33-35H,8-9,12,14-15H2,1-3H3,(H,31,36). The summed E-state index contributed by atoms with van der Waals surface area (Å²) in [5, 5.41) is 32.9. The fourth-order valence-electron chi connectivity index (χ4n) is 4.37. The number of aliphatic hydroxyl groups is 3. The monoisotopic (exact) mass is 656 g/mol. The zero-order valence-electron chi connectivity index (χ0n) is 22.1. The Hall–Kier alpha value is -2.74. The van der Waals surface area contributed by atoms with E-state index in [2.05, 4.69) is 5.32 Å². The van der Waals surface area contributed by atoms with E-state index >= 15 is 0 Å². The number of methoxy groups -OCH3 is 1. The Balaban J connectivity index is 2.04. The highest BCUT2D eigenvalue weighted by Gasteiger charge is 2.41. The van der Waals surface area contributed by atoms with Crippen LogP contribution in [0, 0.1) is 15.3 Å². The molecular formula is C28H34FIN2O7. The Morgan fingerprint density at radius 1 is 1.18 bits per heavy atom. The molecule has 2 aromatic rings. The summed E-state index contributed by atoms with van der Waals surface area (Å²) in [5.74, 6) is -0.882. The molecule has 0 saturated heterocycles. The summed E-state index contributed by atoms with van der Waals surface area (Å²) < 4.78 is 25.8. The molecule has 0 heterocycles. The number of nitrogens with one attached hydrogen (secondary N) is 1. The van der Waals surface area contributed by atoms with E-state index in [9.17, 15) is 29.3 Å². The fourth-order valence-corrected chi connectivity index (χ4v) is 5.16. The van der Waals surface area contributed by atoms with Gasteiger partial charge in [0.25, 0.3) is 0 Å². The van der Waals surface area contributed by atoms with Crippen molar-refractivity contribution < 1.29 is 38.8 Å². The third-order valence-corrected chi connectivity index (χ3v) is 7.18. The lowest BCUT2D eigenvalue weighted by Gasteiger charge is -2.41. The van der Waals surface area contributed by atoms with Gasteiger partial charge in [0.2, 0.25) is 11.8 Å². The lowest BCUT2D eigenvalue weighted by molar-refractivity contribution is -0.142. The van der Waals surface area contributed by atoms with Crippen molar-refractivity contribution >= 4 is 34.4 Å². The number of ether oxygens (including phenoxy) is 2. The SMILES string of the molecule is COc1cc(CO)cc(I)c1OC1C=C(C(=O)NCCO)CC(N(Cc2ccc(F)cc2)C(=O)C(C)C)C1O. The van der Waals surface area contributed by atoms with Crippen LogP contribution in [0.4, 0.5) is 4.39 Å². The first-order valence-electron chi connectivity index (χ1n) is 12.6. The molecule has 2 aromatic carbocycles. The van der Waals surface area contributed by atoms with Crippen LogP contribution in [0.25, 0.3) is 0 Å². The molecule has 0 saturated carbocycles. The quantitative estimate of drug-likeness (QED) is 0.274. The van der Waals surface area contributed by atoms with E-state index in [1.165, 1.54) is 30.2 Å². The maximum Gasteiger partial charge on any atom is 0.247 e. The molecule has 212 valence electrons. The molecule has 0 aliphatic heterocycles. The fraction of sp³-hybridized carbons (Fsp3) is 0.429. The van der Waals surface area contributed by atoms with Gasteiger partial charge in [-0.2, -0.15) is 0 Å². The van der Waals surface area contributed by atoms with Gasteiger partial charge in [0, 0.05) is 31.0 Å². The molecule has 1 aliphatic rings. The van der Waals surface area contributed by atoms with Crippen molar-refractivity contribution in [3.8, 4) is 11.5 Å². The van der Waals surface area contributed by atoms with Crippen LogP contribution in [0.3, 0.4) is 0 Å². The summed E-state index contributed by atoms with van der Waals surface area (Å²) in [6, 6.07) is 8.22. The molecule has 3 unspecified atom stereocenters. The summed E-state index contributed by atoms with van der Waals surface area (Å²) in [4.78, 5) is 27.9. The van der Waals surface area contributed by atoms with Gasteiger partial charge in [0.05, 0.1) is 29.9 Å². The molecule has 2 amide bonds. The number of hydrogen-bond acceptors (Lipinski definition) is 7. The van der Waals surface area contributed by atoms with Crippen LogP contribution in [0.2, 0.25) is 0 Å². The normalized spacial score (nSPS) is 18.9. The Morgan fingerprint density at radius 3 is 2.46 bits per heavy atom. The average Bonchev–Trinajstić information content (AvgIpc) is 2.92. The molecule has 0 radical (unpaired) electrons. The molecule has 3 atom stereocenters. The third kappa shape index (κ3) is 7.68. The molecule has 3 rings (SSSR count). The van der Waals surface area contributed by atoms with Gasteiger partial charge < -0.3 is 35.0 Å². The van der Waals surface area contributed by atoms with Crippen molar-refractivity contribution in [1.29, 1.82) is 0 Å². The summed E-state index contributed by atoms with van der Waals surface area (Å²) in [6.07, 6.45) is -0.730.